The Labute approximate surface area is 141 Å². The highest BCUT2D eigenvalue weighted by molar-refractivity contribution is 7.80. The Balaban J connectivity index is 2.05. The van der Waals surface area contributed by atoms with Crippen molar-refractivity contribution in [1.29, 1.82) is 0 Å². The first-order valence-corrected chi connectivity index (χ1v) is 7.95. The van der Waals surface area contributed by atoms with Crippen molar-refractivity contribution in [3.05, 3.63) is 40.2 Å². The first kappa shape index (κ1) is 17.3. The van der Waals surface area contributed by atoms with E-state index in [1.807, 2.05) is 45.0 Å². The highest BCUT2D eigenvalue weighted by Crippen LogP contribution is 2.18. The number of fused-ring (bicyclic) bond motifs is 1. The Morgan fingerprint density at radius 3 is 2.70 bits per heavy atom. The minimum absolute atomic E-state index is 0.0798. The van der Waals surface area contributed by atoms with Crippen LogP contribution in [-0.4, -0.2) is 29.3 Å². The molecule has 0 aliphatic rings. The van der Waals surface area contributed by atoms with Gasteiger partial charge in [0, 0.05) is 23.7 Å². The average molecular weight is 333 g/mol. The Morgan fingerprint density at radius 1 is 1.30 bits per heavy atom. The minimum atomic E-state index is -0.0812. The van der Waals surface area contributed by atoms with Crippen LogP contribution in [0.25, 0.3) is 10.9 Å². The number of rotatable bonds is 4. The molecule has 1 heterocycles. The number of thiocarbonyl (C=S) groups is 1. The fraction of sp³-hybridized carbons (Fsp3) is 0.412. The molecule has 0 aliphatic carbocycles. The van der Waals surface area contributed by atoms with Gasteiger partial charge in [-0.3, -0.25) is 4.79 Å². The molecule has 0 bridgehead atoms. The van der Waals surface area contributed by atoms with Crippen LogP contribution >= 0.6 is 12.2 Å². The van der Waals surface area contributed by atoms with E-state index >= 15 is 0 Å². The molecule has 2 rings (SSSR count). The van der Waals surface area contributed by atoms with Crippen molar-refractivity contribution in [2.24, 2.45) is 0 Å². The number of pyridine rings is 1. The zero-order valence-electron chi connectivity index (χ0n) is 13.9. The molecule has 5 nitrogen and oxygen atoms in total. The second kappa shape index (κ2) is 7.00. The molecule has 0 amide bonds. The summed E-state index contributed by atoms with van der Waals surface area (Å²) in [5, 5.41) is 7.89. The normalized spacial score (nSPS) is 11.3. The van der Waals surface area contributed by atoms with Crippen molar-refractivity contribution >= 4 is 28.2 Å². The maximum absolute atomic E-state index is 12.2. The number of ether oxygens (including phenoxy) is 1. The molecule has 2 aromatic rings. The summed E-state index contributed by atoms with van der Waals surface area (Å²) < 4.78 is 5.17. The van der Waals surface area contributed by atoms with Crippen molar-refractivity contribution < 1.29 is 4.74 Å². The van der Waals surface area contributed by atoms with Crippen LogP contribution in [0.3, 0.4) is 0 Å². The topological polar surface area (TPSA) is 66.2 Å². The van der Waals surface area contributed by atoms with Gasteiger partial charge in [-0.2, -0.15) is 0 Å². The van der Waals surface area contributed by atoms with Crippen LogP contribution in [0.1, 0.15) is 26.3 Å². The molecule has 0 spiro atoms. The third-order valence-electron chi connectivity index (χ3n) is 3.30. The van der Waals surface area contributed by atoms with Crippen molar-refractivity contribution in [3.63, 3.8) is 0 Å². The summed E-state index contributed by atoms with van der Waals surface area (Å²) in [6, 6.07) is 7.55. The molecular weight excluding hydrogens is 310 g/mol. The van der Waals surface area contributed by atoms with Crippen molar-refractivity contribution in [1.82, 2.24) is 15.6 Å². The number of nitrogens with one attached hydrogen (secondary N) is 3. The summed E-state index contributed by atoms with van der Waals surface area (Å²) >= 11 is 5.23. The van der Waals surface area contributed by atoms with Crippen molar-refractivity contribution in [2.75, 3.05) is 13.7 Å². The molecule has 124 valence electrons. The number of benzene rings is 1. The summed E-state index contributed by atoms with van der Waals surface area (Å²) in [5.74, 6) is 0.723. The van der Waals surface area contributed by atoms with Crippen LogP contribution in [0.2, 0.25) is 0 Å². The van der Waals surface area contributed by atoms with E-state index in [2.05, 4.69) is 15.6 Å². The predicted molar refractivity (Wildman–Crippen MR) is 98.3 cm³/mol. The van der Waals surface area contributed by atoms with Crippen LogP contribution in [0.5, 0.6) is 5.75 Å². The predicted octanol–water partition coefficient (Wildman–Crippen LogP) is 2.34. The van der Waals surface area contributed by atoms with Crippen LogP contribution in [0.4, 0.5) is 0 Å². The van der Waals surface area contributed by atoms with E-state index in [9.17, 15) is 4.79 Å². The van der Waals surface area contributed by atoms with E-state index in [0.717, 1.165) is 22.2 Å². The fourth-order valence-corrected chi connectivity index (χ4v) is 2.64. The van der Waals surface area contributed by atoms with Gasteiger partial charge in [0.15, 0.2) is 5.11 Å². The molecule has 1 aromatic carbocycles. The first-order valence-electron chi connectivity index (χ1n) is 7.54. The van der Waals surface area contributed by atoms with Crippen LogP contribution in [0.15, 0.2) is 29.1 Å². The highest BCUT2D eigenvalue weighted by Gasteiger charge is 2.10. The molecule has 1 aromatic heterocycles. The number of methoxy groups -OCH3 is 1. The molecule has 0 fully saturated rings. The number of aromatic nitrogens is 1. The molecular formula is C17H23N3O2S. The lowest BCUT2D eigenvalue weighted by molar-refractivity contribution is 0.415. The number of hydrogen-bond donors (Lipinski definition) is 3. The largest absolute Gasteiger partial charge is 0.497 e. The number of H-pyrrole nitrogens is 1. The van der Waals surface area contributed by atoms with E-state index in [1.165, 1.54) is 0 Å². The van der Waals surface area contributed by atoms with Gasteiger partial charge in [-0.05, 0) is 63.0 Å². The fourth-order valence-electron chi connectivity index (χ4n) is 2.23. The van der Waals surface area contributed by atoms with Crippen LogP contribution in [-0.2, 0) is 6.42 Å². The van der Waals surface area contributed by atoms with Crippen LogP contribution < -0.4 is 20.9 Å². The Kier molecular flexibility index (Phi) is 5.26. The zero-order chi connectivity index (χ0) is 17.0. The van der Waals surface area contributed by atoms with E-state index in [4.69, 9.17) is 17.0 Å². The smallest absolute Gasteiger partial charge is 0.251 e. The van der Waals surface area contributed by atoms with Gasteiger partial charge >= 0.3 is 0 Å². The van der Waals surface area contributed by atoms with Gasteiger partial charge in [0.05, 0.1) is 12.6 Å². The van der Waals surface area contributed by atoms with E-state index in [-0.39, 0.29) is 11.1 Å². The van der Waals surface area contributed by atoms with E-state index in [0.29, 0.717) is 18.1 Å². The molecule has 23 heavy (non-hydrogen) atoms. The quantitative estimate of drug-likeness (QED) is 0.750. The van der Waals surface area contributed by atoms with E-state index in [1.54, 1.807) is 7.11 Å². The van der Waals surface area contributed by atoms with Crippen LogP contribution in [0, 0.1) is 0 Å². The van der Waals surface area contributed by atoms with Gasteiger partial charge < -0.3 is 20.4 Å². The lowest BCUT2D eigenvalue weighted by Crippen LogP contribution is -2.46. The summed E-state index contributed by atoms with van der Waals surface area (Å²) in [4.78, 5) is 15.1. The second-order valence-electron chi connectivity index (χ2n) is 6.46. The third-order valence-corrected chi connectivity index (χ3v) is 3.54. The van der Waals surface area contributed by atoms with Gasteiger partial charge in [-0.25, -0.2) is 0 Å². The molecule has 0 radical (unpaired) electrons. The highest BCUT2D eigenvalue weighted by atomic mass is 32.1. The maximum Gasteiger partial charge on any atom is 0.251 e. The molecule has 6 heteroatoms. The average Bonchev–Trinajstić information content (AvgIpc) is 2.45. The second-order valence-corrected chi connectivity index (χ2v) is 6.87. The van der Waals surface area contributed by atoms with Gasteiger partial charge in [0.2, 0.25) is 0 Å². The summed E-state index contributed by atoms with van der Waals surface area (Å²) in [5.41, 5.74) is 1.34. The summed E-state index contributed by atoms with van der Waals surface area (Å²) in [7, 11) is 1.60. The van der Waals surface area contributed by atoms with Gasteiger partial charge in [-0.15, -0.1) is 0 Å². The molecule has 3 N–H and O–H groups in total. The Bertz CT molecular complexity index is 763. The lowest BCUT2D eigenvalue weighted by atomic mass is 10.1. The summed E-state index contributed by atoms with van der Waals surface area (Å²) in [6.07, 6.45) is 0.600. The zero-order valence-corrected chi connectivity index (χ0v) is 14.8. The number of hydrogen-bond acceptors (Lipinski definition) is 3. The monoisotopic (exact) mass is 333 g/mol. The van der Waals surface area contributed by atoms with Crippen molar-refractivity contribution in [2.45, 2.75) is 32.7 Å². The number of aromatic amines is 1. The summed E-state index contributed by atoms with van der Waals surface area (Å²) in [6.45, 7) is 6.74. The van der Waals surface area contributed by atoms with Gasteiger partial charge in [0.25, 0.3) is 5.56 Å². The van der Waals surface area contributed by atoms with E-state index < -0.39 is 0 Å². The standard InChI is InChI=1S/C17H23N3O2S/c1-17(2,3)20-16(23)18-8-7-12-9-11-5-6-13(22-4)10-14(11)19-15(12)21/h5-6,9-10H,7-8H2,1-4H3,(H,19,21)(H2,18,20,23). The molecule has 0 aliphatic heterocycles. The van der Waals surface area contributed by atoms with Crippen molar-refractivity contribution in [3.8, 4) is 5.75 Å². The van der Waals surface area contributed by atoms with Gasteiger partial charge in [0.1, 0.15) is 5.75 Å². The maximum atomic E-state index is 12.2. The first-order chi connectivity index (χ1) is 10.8. The molecule has 0 atom stereocenters. The Morgan fingerprint density at radius 2 is 2.04 bits per heavy atom. The lowest BCUT2D eigenvalue weighted by Gasteiger charge is -2.23. The molecule has 0 unspecified atom stereocenters. The third kappa shape index (κ3) is 4.96. The minimum Gasteiger partial charge on any atom is -0.497 e. The Hall–Kier alpha value is -2.08. The van der Waals surface area contributed by atoms with Gasteiger partial charge in [-0.1, -0.05) is 0 Å². The SMILES string of the molecule is COc1ccc2cc(CCNC(=S)NC(C)(C)C)c(=O)[nH]c2c1. The molecule has 0 saturated heterocycles. The molecule has 0 saturated carbocycles.